The van der Waals surface area contributed by atoms with Crippen LogP contribution in [0.4, 0.5) is 0 Å². The zero-order chi connectivity index (χ0) is 24.1. The molecule has 0 bridgehead atoms. The van der Waals surface area contributed by atoms with Gasteiger partial charge in [0.15, 0.2) is 16.4 Å². The third kappa shape index (κ3) is 6.87. The number of carbonyl (C=O) groups excluding carboxylic acids is 2. The van der Waals surface area contributed by atoms with Crippen LogP contribution in [0, 0.1) is 0 Å². The first-order valence-electron chi connectivity index (χ1n) is 11.0. The highest BCUT2D eigenvalue weighted by molar-refractivity contribution is 7.91. The van der Waals surface area contributed by atoms with Gasteiger partial charge < -0.3 is 9.64 Å². The lowest BCUT2D eigenvalue weighted by molar-refractivity contribution is -0.148. The maximum atomic E-state index is 12.8. The van der Waals surface area contributed by atoms with Crippen LogP contribution < -0.4 is 0 Å². The number of benzene rings is 1. The molecule has 0 aromatic heterocycles. The van der Waals surface area contributed by atoms with Gasteiger partial charge in [-0.3, -0.25) is 4.79 Å². The van der Waals surface area contributed by atoms with E-state index >= 15 is 0 Å². The summed E-state index contributed by atoms with van der Waals surface area (Å²) in [4.78, 5) is 25.7. The minimum Gasteiger partial charge on any atom is -0.452 e. The number of sulfone groups is 1. The molecule has 11 heteroatoms. The Bertz CT molecular complexity index is 1090. The van der Waals surface area contributed by atoms with Gasteiger partial charge in [-0.2, -0.15) is 4.31 Å². The van der Waals surface area contributed by atoms with Crippen molar-refractivity contribution < 1.29 is 31.2 Å². The average molecular weight is 499 g/mol. The topological polar surface area (TPSA) is 118 Å². The summed E-state index contributed by atoms with van der Waals surface area (Å²) >= 11 is 0. The molecule has 3 rings (SSSR count). The molecule has 182 valence electrons. The average Bonchev–Trinajstić information content (AvgIpc) is 2.98. The van der Waals surface area contributed by atoms with Crippen molar-refractivity contribution >= 4 is 37.8 Å². The Morgan fingerprint density at radius 2 is 1.76 bits per heavy atom. The summed E-state index contributed by atoms with van der Waals surface area (Å²) in [5.74, 6) is -1.22. The van der Waals surface area contributed by atoms with Gasteiger partial charge in [-0.25, -0.2) is 21.6 Å². The molecule has 33 heavy (non-hydrogen) atoms. The van der Waals surface area contributed by atoms with Crippen molar-refractivity contribution in [2.45, 2.75) is 43.0 Å². The van der Waals surface area contributed by atoms with Crippen LogP contribution in [-0.4, -0.2) is 82.2 Å². The second kappa shape index (κ2) is 10.8. The van der Waals surface area contributed by atoms with Crippen molar-refractivity contribution in [3.8, 4) is 0 Å². The van der Waals surface area contributed by atoms with Crippen LogP contribution in [0.2, 0.25) is 0 Å². The quantitative estimate of drug-likeness (QED) is 0.412. The molecule has 1 amide bonds. The number of hydrogen-bond donors (Lipinski definition) is 0. The largest absolute Gasteiger partial charge is 0.452 e. The van der Waals surface area contributed by atoms with E-state index in [1.54, 1.807) is 12.1 Å². The predicted octanol–water partition coefficient (Wildman–Crippen LogP) is 1.45. The highest BCUT2D eigenvalue weighted by Gasteiger charge is 2.32. The van der Waals surface area contributed by atoms with Gasteiger partial charge in [0.2, 0.25) is 10.0 Å². The van der Waals surface area contributed by atoms with E-state index in [1.165, 1.54) is 34.5 Å². The van der Waals surface area contributed by atoms with Crippen LogP contribution >= 0.6 is 0 Å². The Kier molecular flexibility index (Phi) is 8.30. The first kappa shape index (κ1) is 25.4. The highest BCUT2D eigenvalue weighted by Crippen LogP contribution is 2.21. The highest BCUT2D eigenvalue weighted by atomic mass is 32.2. The molecule has 1 aromatic rings. The second-order valence-electron chi connectivity index (χ2n) is 8.39. The molecule has 0 aliphatic carbocycles. The lowest BCUT2D eigenvalue weighted by Gasteiger charge is -2.22. The van der Waals surface area contributed by atoms with Crippen LogP contribution in [0.25, 0.3) is 6.08 Å². The predicted molar refractivity (Wildman–Crippen MR) is 123 cm³/mol. The van der Waals surface area contributed by atoms with Crippen molar-refractivity contribution in [3.05, 3.63) is 35.9 Å². The standard InChI is InChI=1S/C22H30N2O7S2/c1-23(19-12-15-32(27,28)17-19)21(25)16-31-22(26)11-8-18-6-9-20(10-7-18)33(29,30)24-13-4-2-3-5-14-24/h6-11,19H,2-5,12-17H2,1H3/b11-8+/t19-/m1/s1. The summed E-state index contributed by atoms with van der Waals surface area (Å²) in [6.45, 7) is 0.573. The molecule has 2 aliphatic rings. The van der Waals surface area contributed by atoms with Gasteiger partial charge >= 0.3 is 5.97 Å². The van der Waals surface area contributed by atoms with Crippen molar-refractivity contribution in [1.29, 1.82) is 0 Å². The first-order valence-corrected chi connectivity index (χ1v) is 14.3. The van der Waals surface area contributed by atoms with Crippen LogP contribution in [0.3, 0.4) is 0 Å². The zero-order valence-corrected chi connectivity index (χ0v) is 20.3. The fourth-order valence-corrected chi connectivity index (χ4v) is 7.20. The molecule has 0 spiro atoms. The van der Waals surface area contributed by atoms with Gasteiger partial charge in [0.1, 0.15) is 0 Å². The number of carbonyl (C=O) groups is 2. The van der Waals surface area contributed by atoms with Crippen molar-refractivity contribution in [2.24, 2.45) is 0 Å². The van der Waals surface area contributed by atoms with E-state index in [-0.39, 0.29) is 16.4 Å². The van der Waals surface area contributed by atoms with Gasteiger partial charge in [0.25, 0.3) is 5.91 Å². The van der Waals surface area contributed by atoms with Crippen LogP contribution in [0.15, 0.2) is 35.2 Å². The van der Waals surface area contributed by atoms with Crippen molar-refractivity contribution in [2.75, 3.05) is 38.2 Å². The normalized spacial score (nSPS) is 21.5. The van der Waals surface area contributed by atoms with Gasteiger partial charge in [-0.05, 0) is 43.0 Å². The minimum atomic E-state index is -3.54. The van der Waals surface area contributed by atoms with Crippen molar-refractivity contribution in [3.63, 3.8) is 0 Å². The van der Waals surface area contributed by atoms with Gasteiger partial charge in [-0.15, -0.1) is 0 Å². The maximum absolute atomic E-state index is 12.8. The Labute approximate surface area is 195 Å². The molecular weight excluding hydrogens is 468 g/mol. The molecule has 2 saturated heterocycles. The summed E-state index contributed by atoms with van der Waals surface area (Å²) in [5.41, 5.74) is 0.612. The van der Waals surface area contributed by atoms with E-state index in [0.29, 0.717) is 25.1 Å². The summed E-state index contributed by atoms with van der Waals surface area (Å²) in [6.07, 6.45) is 6.81. The molecular formula is C22H30N2O7S2. The summed E-state index contributed by atoms with van der Waals surface area (Å²) < 4.78 is 55.2. The zero-order valence-electron chi connectivity index (χ0n) is 18.7. The van der Waals surface area contributed by atoms with Crippen LogP contribution in [0.5, 0.6) is 0 Å². The molecule has 0 unspecified atom stereocenters. The van der Waals surface area contributed by atoms with Crippen LogP contribution in [0.1, 0.15) is 37.7 Å². The molecule has 1 atom stereocenters. The smallest absolute Gasteiger partial charge is 0.331 e. The fourth-order valence-electron chi connectivity index (χ4n) is 3.91. The van der Waals surface area contributed by atoms with Gasteiger partial charge in [0.05, 0.1) is 16.4 Å². The number of ether oxygens (including phenoxy) is 1. The van der Waals surface area contributed by atoms with E-state index in [1.807, 2.05) is 0 Å². The second-order valence-corrected chi connectivity index (χ2v) is 12.6. The van der Waals surface area contributed by atoms with E-state index in [4.69, 9.17) is 4.74 Å². The Morgan fingerprint density at radius 3 is 2.33 bits per heavy atom. The molecule has 0 radical (unpaired) electrons. The van der Waals surface area contributed by atoms with Crippen molar-refractivity contribution in [1.82, 2.24) is 9.21 Å². The third-order valence-corrected chi connectivity index (χ3v) is 9.65. The first-order chi connectivity index (χ1) is 15.6. The van der Waals surface area contributed by atoms with Gasteiger partial charge in [-0.1, -0.05) is 25.0 Å². The van der Waals surface area contributed by atoms with E-state index in [0.717, 1.165) is 31.8 Å². The van der Waals surface area contributed by atoms with Gasteiger partial charge in [0, 0.05) is 32.3 Å². The molecule has 2 heterocycles. The van der Waals surface area contributed by atoms with Crippen LogP contribution in [-0.2, 0) is 34.2 Å². The summed E-state index contributed by atoms with van der Waals surface area (Å²) in [7, 11) is -5.16. The number of esters is 1. The lowest BCUT2D eigenvalue weighted by Crippen LogP contribution is -2.40. The maximum Gasteiger partial charge on any atom is 0.331 e. The molecule has 9 nitrogen and oxygen atoms in total. The summed E-state index contributed by atoms with van der Waals surface area (Å²) in [6, 6.07) is 5.83. The lowest BCUT2D eigenvalue weighted by atomic mass is 10.2. The summed E-state index contributed by atoms with van der Waals surface area (Å²) in [5, 5.41) is 0. The molecule has 1 aromatic carbocycles. The Hall–Kier alpha value is -2.24. The molecule has 2 fully saturated rings. The molecule has 2 aliphatic heterocycles. The van der Waals surface area contributed by atoms with E-state index < -0.39 is 44.4 Å². The third-order valence-electron chi connectivity index (χ3n) is 5.98. The molecule has 0 N–H and O–H groups in total. The number of likely N-dealkylation sites (N-methyl/N-ethyl adjacent to an activating group) is 1. The number of sulfonamides is 1. The minimum absolute atomic E-state index is 0.0515. The number of hydrogen-bond acceptors (Lipinski definition) is 7. The number of nitrogens with zero attached hydrogens (tertiary/aromatic N) is 2. The Balaban J connectivity index is 1.51. The molecule has 0 saturated carbocycles. The fraction of sp³-hybridized carbons (Fsp3) is 0.545. The van der Waals surface area contributed by atoms with E-state index in [2.05, 4.69) is 0 Å². The number of rotatable bonds is 7. The number of amides is 1. The monoisotopic (exact) mass is 498 g/mol. The Morgan fingerprint density at radius 1 is 1.12 bits per heavy atom. The SMILES string of the molecule is CN(C(=O)COC(=O)/C=C/c1ccc(S(=O)(=O)N2CCCCCC2)cc1)[C@@H]1CCS(=O)(=O)C1. The van der Waals surface area contributed by atoms with E-state index in [9.17, 15) is 26.4 Å².